The minimum Gasteiger partial charge on any atom is -0.391 e. The molecule has 35 heavy (non-hydrogen) atoms. The Kier molecular flexibility index (Phi) is 5.63. The van der Waals surface area contributed by atoms with Gasteiger partial charge in [0.05, 0.1) is 39.5 Å². The number of nitrogen functional groups attached to an aromatic ring is 1. The van der Waals surface area contributed by atoms with E-state index in [2.05, 4.69) is 16.0 Å². The lowest BCUT2D eigenvalue weighted by molar-refractivity contribution is 0.193. The summed E-state index contributed by atoms with van der Waals surface area (Å²) in [4.78, 5) is 29.0. The zero-order valence-electron chi connectivity index (χ0n) is 19.1. The second-order valence-electron chi connectivity index (χ2n) is 8.57. The average Bonchev–Trinajstić information content (AvgIpc) is 3.20. The van der Waals surface area contributed by atoms with Crippen LogP contribution in [0.2, 0.25) is 5.02 Å². The van der Waals surface area contributed by atoms with Gasteiger partial charge < -0.3 is 15.7 Å². The Morgan fingerprint density at radius 2 is 1.91 bits per heavy atom. The molecule has 2 aromatic carbocycles. The first-order valence-corrected chi connectivity index (χ1v) is 11.4. The van der Waals surface area contributed by atoms with Crippen LogP contribution in [0.4, 0.5) is 11.8 Å². The molecule has 0 aliphatic carbocycles. The number of aliphatic hydroxyl groups excluding tert-OH is 1. The van der Waals surface area contributed by atoms with Crippen LogP contribution in [0.15, 0.2) is 47.3 Å². The summed E-state index contributed by atoms with van der Waals surface area (Å²) in [5.74, 6) is 0.733. The molecule has 1 fully saturated rings. The van der Waals surface area contributed by atoms with Gasteiger partial charge in [0.15, 0.2) is 5.82 Å². The Hall–Kier alpha value is -4.00. The normalized spacial score (nSPS) is 17.6. The van der Waals surface area contributed by atoms with Crippen molar-refractivity contribution in [1.82, 2.24) is 19.5 Å². The molecule has 2 aromatic heterocycles. The Labute approximate surface area is 206 Å². The lowest BCUT2D eigenvalue weighted by Crippen LogP contribution is -2.33. The maximum atomic E-state index is 13.9. The molecule has 10 heteroatoms. The Morgan fingerprint density at radius 3 is 2.66 bits per heavy atom. The van der Waals surface area contributed by atoms with E-state index in [0.29, 0.717) is 38.9 Å². The number of para-hydroxylation sites is 1. The van der Waals surface area contributed by atoms with Gasteiger partial charge in [-0.25, -0.2) is 9.97 Å². The smallest absolute Gasteiger partial charge is 0.267 e. The van der Waals surface area contributed by atoms with Gasteiger partial charge in [-0.3, -0.25) is 9.36 Å². The van der Waals surface area contributed by atoms with Crippen molar-refractivity contribution in [2.24, 2.45) is 0 Å². The number of hydrogen-bond donors (Lipinski definition) is 2. The summed E-state index contributed by atoms with van der Waals surface area (Å²) in [5.41, 5.74) is 8.27. The second-order valence-corrected chi connectivity index (χ2v) is 8.97. The number of anilines is 2. The SMILES string of the molecule is Cc1ccccc1-n1c([C@@H]2C[C@H](O)CN2c2nc(N)nc(C)c2C#N)nc2cccc(Cl)c2c1=O. The number of benzene rings is 2. The number of rotatable bonds is 3. The van der Waals surface area contributed by atoms with Crippen LogP contribution in [0.25, 0.3) is 16.6 Å². The third kappa shape index (κ3) is 3.77. The van der Waals surface area contributed by atoms with Crippen LogP contribution in [0.3, 0.4) is 0 Å². The highest BCUT2D eigenvalue weighted by molar-refractivity contribution is 6.35. The van der Waals surface area contributed by atoms with E-state index in [1.54, 1.807) is 34.6 Å². The van der Waals surface area contributed by atoms with Crippen LogP contribution in [0.1, 0.15) is 35.1 Å². The number of aryl methyl sites for hydroxylation is 2. The van der Waals surface area contributed by atoms with Crippen molar-refractivity contribution < 1.29 is 5.11 Å². The van der Waals surface area contributed by atoms with Crippen molar-refractivity contribution >= 4 is 34.3 Å². The summed E-state index contributed by atoms with van der Waals surface area (Å²) in [5, 5.41) is 21.1. The minimum atomic E-state index is -0.736. The zero-order valence-corrected chi connectivity index (χ0v) is 19.9. The molecule has 0 amide bonds. The molecule has 3 N–H and O–H groups in total. The number of β-amino-alcohol motifs (C(OH)–C–C–N with tert-alkyl or cyclic N) is 1. The number of aliphatic hydroxyl groups is 1. The fourth-order valence-corrected chi connectivity index (χ4v) is 4.94. The summed E-state index contributed by atoms with van der Waals surface area (Å²) < 4.78 is 1.54. The maximum absolute atomic E-state index is 13.9. The van der Waals surface area contributed by atoms with E-state index >= 15 is 0 Å². The van der Waals surface area contributed by atoms with Gasteiger partial charge in [0.2, 0.25) is 5.95 Å². The van der Waals surface area contributed by atoms with Gasteiger partial charge in [0.1, 0.15) is 17.5 Å². The van der Waals surface area contributed by atoms with E-state index in [0.717, 1.165) is 5.56 Å². The Morgan fingerprint density at radius 1 is 1.14 bits per heavy atom. The third-order valence-corrected chi connectivity index (χ3v) is 6.59. The highest BCUT2D eigenvalue weighted by Crippen LogP contribution is 2.38. The van der Waals surface area contributed by atoms with Crippen molar-refractivity contribution in [1.29, 1.82) is 5.26 Å². The molecule has 0 bridgehead atoms. The van der Waals surface area contributed by atoms with Crippen molar-refractivity contribution in [3.8, 4) is 11.8 Å². The number of halogens is 1. The lowest BCUT2D eigenvalue weighted by atomic mass is 10.1. The monoisotopic (exact) mass is 487 g/mol. The number of nitrogens with zero attached hydrogens (tertiary/aromatic N) is 6. The summed E-state index contributed by atoms with van der Waals surface area (Å²) in [6, 6.07) is 14.2. The molecule has 0 radical (unpaired) electrons. The van der Waals surface area contributed by atoms with Crippen LogP contribution in [-0.4, -0.2) is 37.3 Å². The Bertz CT molecular complexity index is 1580. The molecular weight excluding hydrogens is 466 g/mol. The number of nitrogens with two attached hydrogens (primary N) is 1. The molecule has 3 heterocycles. The van der Waals surface area contributed by atoms with Crippen LogP contribution in [0.5, 0.6) is 0 Å². The van der Waals surface area contributed by atoms with Gasteiger partial charge in [-0.2, -0.15) is 10.2 Å². The third-order valence-electron chi connectivity index (χ3n) is 6.28. The maximum Gasteiger partial charge on any atom is 0.267 e. The van der Waals surface area contributed by atoms with E-state index < -0.39 is 12.1 Å². The molecule has 4 aromatic rings. The fraction of sp³-hybridized carbons (Fsp3) is 0.240. The molecule has 0 saturated carbocycles. The molecule has 1 aliphatic heterocycles. The molecule has 5 rings (SSSR count). The summed E-state index contributed by atoms with van der Waals surface area (Å²) in [6.45, 7) is 3.78. The molecule has 1 aliphatic rings. The number of fused-ring (bicyclic) bond motifs is 1. The van der Waals surface area contributed by atoms with E-state index in [4.69, 9.17) is 22.3 Å². The number of hydrogen-bond acceptors (Lipinski definition) is 8. The molecule has 9 nitrogen and oxygen atoms in total. The quantitative estimate of drug-likeness (QED) is 0.450. The summed E-state index contributed by atoms with van der Waals surface area (Å²) >= 11 is 6.43. The van der Waals surface area contributed by atoms with Crippen LogP contribution in [-0.2, 0) is 0 Å². The van der Waals surface area contributed by atoms with Gasteiger partial charge >= 0.3 is 0 Å². The second kappa shape index (κ2) is 8.65. The topological polar surface area (TPSA) is 134 Å². The van der Waals surface area contributed by atoms with Crippen LogP contribution in [0, 0.1) is 25.2 Å². The highest BCUT2D eigenvalue weighted by Gasteiger charge is 2.38. The zero-order chi connectivity index (χ0) is 24.9. The van der Waals surface area contributed by atoms with E-state index in [-0.39, 0.29) is 30.0 Å². The largest absolute Gasteiger partial charge is 0.391 e. The standard InChI is InChI=1S/C25H22ClN7O2/c1-13-6-3-4-9-19(13)33-23(30-18-8-5-7-17(26)21(18)24(33)35)20-10-15(34)12-32(20)22-16(11-27)14(2)29-25(28)31-22/h3-9,15,20,34H,10,12H2,1-2H3,(H2,28,29,31)/t15-,20-/m0/s1. The molecule has 2 atom stereocenters. The number of aromatic nitrogens is 4. The van der Waals surface area contributed by atoms with E-state index in [1.165, 1.54) is 0 Å². The van der Waals surface area contributed by atoms with Crippen molar-refractivity contribution in [2.75, 3.05) is 17.2 Å². The average molecular weight is 488 g/mol. The molecule has 0 spiro atoms. The van der Waals surface area contributed by atoms with E-state index in [9.17, 15) is 15.2 Å². The summed E-state index contributed by atoms with van der Waals surface area (Å²) in [6.07, 6.45) is -0.460. The minimum absolute atomic E-state index is 0.0196. The van der Waals surface area contributed by atoms with Gasteiger partial charge in [-0.05, 0) is 37.6 Å². The number of nitriles is 1. The molecule has 176 valence electrons. The van der Waals surface area contributed by atoms with Gasteiger partial charge in [-0.1, -0.05) is 35.9 Å². The van der Waals surface area contributed by atoms with Crippen molar-refractivity contribution in [3.63, 3.8) is 0 Å². The van der Waals surface area contributed by atoms with Crippen molar-refractivity contribution in [2.45, 2.75) is 32.4 Å². The first-order valence-electron chi connectivity index (χ1n) is 11.1. The summed E-state index contributed by atoms with van der Waals surface area (Å²) in [7, 11) is 0. The molecule has 0 unspecified atom stereocenters. The van der Waals surface area contributed by atoms with Gasteiger partial charge in [0, 0.05) is 13.0 Å². The first-order chi connectivity index (χ1) is 16.8. The fourth-order valence-electron chi connectivity index (χ4n) is 4.69. The Balaban J connectivity index is 1.83. The lowest BCUT2D eigenvalue weighted by Gasteiger charge is -2.28. The van der Waals surface area contributed by atoms with Crippen molar-refractivity contribution in [3.05, 3.63) is 80.5 Å². The van der Waals surface area contributed by atoms with Crippen LogP contribution < -0.4 is 16.2 Å². The predicted molar refractivity (Wildman–Crippen MR) is 134 cm³/mol. The van der Waals surface area contributed by atoms with Crippen LogP contribution >= 0.6 is 11.6 Å². The predicted octanol–water partition coefficient (Wildman–Crippen LogP) is 3.21. The molecular formula is C25H22ClN7O2. The van der Waals surface area contributed by atoms with Gasteiger partial charge in [0.25, 0.3) is 5.56 Å². The van der Waals surface area contributed by atoms with E-state index in [1.807, 2.05) is 31.2 Å². The molecule has 1 saturated heterocycles. The first kappa shape index (κ1) is 22.8. The highest BCUT2D eigenvalue weighted by atomic mass is 35.5. The van der Waals surface area contributed by atoms with Gasteiger partial charge in [-0.15, -0.1) is 0 Å².